The molecule has 2 aliphatic rings. The molecule has 0 spiro atoms. The van der Waals surface area contributed by atoms with E-state index < -0.39 is 15.4 Å². The number of hydrogen-bond donors (Lipinski definition) is 1. The number of aliphatic hydroxyl groups is 1. The minimum atomic E-state index is -3.00. The average molecular weight is 290 g/mol. The topological polar surface area (TPSA) is 63.6 Å². The lowest BCUT2D eigenvalue weighted by molar-refractivity contribution is -0.169. The lowest BCUT2D eigenvalue weighted by Gasteiger charge is -2.47. The van der Waals surface area contributed by atoms with Crippen LogP contribution in [0.25, 0.3) is 0 Å². The first kappa shape index (κ1) is 15.3. The van der Waals surface area contributed by atoms with Gasteiger partial charge in [-0.05, 0) is 45.4 Å². The fourth-order valence-corrected chi connectivity index (χ4v) is 4.93. The normalized spacial score (nSPS) is 40.0. The average Bonchev–Trinajstić information content (AvgIpc) is 2.26. The van der Waals surface area contributed by atoms with Gasteiger partial charge in [0.2, 0.25) is 0 Å². The van der Waals surface area contributed by atoms with E-state index in [9.17, 15) is 13.5 Å². The quantitative estimate of drug-likeness (QED) is 0.844. The van der Waals surface area contributed by atoms with Gasteiger partial charge < -0.3 is 9.84 Å². The molecule has 1 saturated heterocycles. The smallest absolute Gasteiger partial charge is 0.150 e. The molecule has 4 nitrogen and oxygen atoms in total. The standard InChI is InChI=1S/C14H26O4S/c1-13(2)10-14(15,7-8-18-13)11-5-4-6-12(9-11)19(3,16)17/h11-12,15H,4-10H2,1-3H3. The van der Waals surface area contributed by atoms with Crippen LogP contribution in [-0.2, 0) is 14.6 Å². The highest BCUT2D eigenvalue weighted by Crippen LogP contribution is 2.43. The Labute approximate surface area is 116 Å². The fourth-order valence-electron chi connectivity index (χ4n) is 3.75. The van der Waals surface area contributed by atoms with Crippen LogP contribution < -0.4 is 0 Å². The molecular weight excluding hydrogens is 264 g/mol. The second-order valence-corrected chi connectivity index (χ2v) is 9.28. The van der Waals surface area contributed by atoms with Crippen LogP contribution in [0.4, 0.5) is 0 Å². The minimum Gasteiger partial charge on any atom is -0.389 e. The van der Waals surface area contributed by atoms with Crippen LogP contribution in [0.3, 0.4) is 0 Å². The molecule has 2 rings (SSSR count). The van der Waals surface area contributed by atoms with Crippen molar-refractivity contribution >= 4 is 9.84 Å². The zero-order chi connectivity index (χ0) is 14.3. The van der Waals surface area contributed by atoms with Crippen molar-refractivity contribution in [3.8, 4) is 0 Å². The van der Waals surface area contributed by atoms with E-state index in [1.165, 1.54) is 6.26 Å². The van der Waals surface area contributed by atoms with E-state index in [0.717, 1.165) is 19.3 Å². The summed E-state index contributed by atoms with van der Waals surface area (Å²) in [6.45, 7) is 4.55. The lowest BCUT2D eigenvalue weighted by atomic mass is 9.70. The van der Waals surface area contributed by atoms with Gasteiger partial charge in [-0.2, -0.15) is 0 Å². The molecule has 0 bridgehead atoms. The maximum absolute atomic E-state index is 11.7. The van der Waals surface area contributed by atoms with Gasteiger partial charge in [-0.15, -0.1) is 0 Å². The van der Waals surface area contributed by atoms with E-state index in [0.29, 0.717) is 25.9 Å². The molecule has 112 valence electrons. The Kier molecular flexibility index (Phi) is 4.02. The molecular formula is C14H26O4S. The summed E-state index contributed by atoms with van der Waals surface area (Å²) in [5.41, 5.74) is -1.07. The molecule has 3 unspecified atom stereocenters. The predicted octanol–water partition coefficient (Wildman–Crippen LogP) is 1.91. The molecule has 0 aromatic heterocycles. The highest BCUT2D eigenvalue weighted by molar-refractivity contribution is 7.91. The largest absolute Gasteiger partial charge is 0.389 e. The molecule has 1 N–H and O–H groups in total. The van der Waals surface area contributed by atoms with Crippen molar-refractivity contribution < 1.29 is 18.3 Å². The van der Waals surface area contributed by atoms with Crippen LogP contribution in [0.2, 0.25) is 0 Å². The number of rotatable bonds is 2. The molecule has 2 fully saturated rings. The van der Waals surface area contributed by atoms with Gasteiger partial charge in [0, 0.05) is 12.7 Å². The Morgan fingerprint density at radius 1 is 1.26 bits per heavy atom. The lowest BCUT2D eigenvalue weighted by Crippen LogP contribution is -2.52. The van der Waals surface area contributed by atoms with Crippen molar-refractivity contribution in [2.24, 2.45) is 5.92 Å². The van der Waals surface area contributed by atoms with Crippen molar-refractivity contribution in [3.63, 3.8) is 0 Å². The van der Waals surface area contributed by atoms with E-state index in [4.69, 9.17) is 4.74 Å². The molecule has 1 aliphatic carbocycles. The summed E-state index contributed by atoms with van der Waals surface area (Å²) < 4.78 is 29.1. The predicted molar refractivity (Wildman–Crippen MR) is 74.8 cm³/mol. The second kappa shape index (κ2) is 5.01. The van der Waals surface area contributed by atoms with E-state index in [1.54, 1.807) is 0 Å². The summed E-state index contributed by atoms with van der Waals surface area (Å²) >= 11 is 0. The van der Waals surface area contributed by atoms with E-state index >= 15 is 0 Å². The third kappa shape index (κ3) is 3.50. The molecule has 5 heteroatoms. The van der Waals surface area contributed by atoms with Gasteiger partial charge in [-0.25, -0.2) is 8.42 Å². The summed E-state index contributed by atoms with van der Waals surface area (Å²) in [4.78, 5) is 0. The number of sulfone groups is 1. The van der Waals surface area contributed by atoms with Crippen molar-refractivity contribution in [1.82, 2.24) is 0 Å². The molecule has 19 heavy (non-hydrogen) atoms. The Morgan fingerprint density at radius 3 is 2.53 bits per heavy atom. The maximum Gasteiger partial charge on any atom is 0.150 e. The summed E-state index contributed by atoms with van der Waals surface area (Å²) in [6.07, 6.45) is 5.71. The van der Waals surface area contributed by atoms with Crippen molar-refractivity contribution in [3.05, 3.63) is 0 Å². The zero-order valence-corrected chi connectivity index (χ0v) is 13.0. The van der Waals surface area contributed by atoms with Gasteiger partial charge in [-0.3, -0.25) is 0 Å². The Bertz CT molecular complexity index is 429. The molecule has 1 aliphatic heterocycles. The summed E-state index contributed by atoms with van der Waals surface area (Å²) in [7, 11) is -3.00. The third-order valence-corrected chi connectivity index (χ3v) is 6.39. The SMILES string of the molecule is CC1(C)CC(O)(C2CCCC(S(C)(=O)=O)C2)CCO1. The summed E-state index contributed by atoms with van der Waals surface area (Å²) in [5, 5.41) is 10.7. The van der Waals surface area contributed by atoms with Crippen LogP contribution in [0.15, 0.2) is 0 Å². The summed E-state index contributed by atoms with van der Waals surface area (Å²) in [5.74, 6) is 0.0872. The van der Waals surface area contributed by atoms with Crippen molar-refractivity contribution in [2.45, 2.75) is 68.8 Å². The molecule has 0 aromatic rings. The van der Waals surface area contributed by atoms with E-state index in [-0.39, 0.29) is 16.8 Å². The highest BCUT2D eigenvalue weighted by atomic mass is 32.2. The Morgan fingerprint density at radius 2 is 1.95 bits per heavy atom. The van der Waals surface area contributed by atoms with Crippen LogP contribution in [0.5, 0.6) is 0 Å². The monoisotopic (exact) mass is 290 g/mol. The Balaban J connectivity index is 2.12. The van der Waals surface area contributed by atoms with Gasteiger partial charge in [0.05, 0.1) is 23.1 Å². The van der Waals surface area contributed by atoms with Crippen molar-refractivity contribution in [2.75, 3.05) is 12.9 Å². The van der Waals surface area contributed by atoms with Crippen LogP contribution in [0.1, 0.15) is 52.4 Å². The first-order valence-electron chi connectivity index (χ1n) is 7.18. The maximum atomic E-state index is 11.7. The highest BCUT2D eigenvalue weighted by Gasteiger charge is 2.47. The molecule has 0 aromatic carbocycles. The Hall–Kier alpha value is -0.130. The van der Waals surface area contributed by atoms with Crippen LogP contribution in [-0.4, -0.2) is 42.8 Å². The van der Waals surface area contributed by atoms with E-state index in [1.807, 2.05) is 13.8 Å². The van der Waals surface area contributed by atoms with Gasteiger partial charge in [-0.1, -0.05) is 6.42 Å². The minimum absolute atomic E-state index is 0.0872. The molecule has 0 radical (unpaired) electrons. The second-order valence-electron chi connectivity index (χ2n) is 6.95. The third-order valence-electron chi connectivity index (χ3n) is 4.75. The van der Waals surface area contributed by atoms with Crippen molar-refractivity contribution in [1.29, 1.82) is 0 Å². The molecule has 1 saturated carbocycles. The molecule has 3 atom stereocenters. The van der Waals surface area contributed by atoms with Crippen LogP contribution in [0, 0.1) is 5.92 Å². The molecule has 0 amide bonds. The van der Waals surface area contributed by atoms with Crippen LogP contribution >= 0.6 is 0 Å². The first-order valence-corrected chi connectivity index (χ1v) is 9.13. The molecule has 1 heterocycles. The summed E-state index contributed by atoms with van der Waals surface area (Å²) in [6, 6.07) is 0. The first-order chi connectivity index (χ1) is 8.62. The number of ether oxygens (including phenoxy) is 1. The van der Waals surface area contributed by atoms with Gasteiger partial charge in [0.15, 0.2) is 0 Å². The van der Waals surface area contributed by atoms with Gasteiger partial charge in [0.1, 0.15) is 9.84 Å². The fraction of sp³-hybridized carbons (Fsp3) is 1.00. The van der Waals surface area contributed by atoms with Gasteiger partial charge in [0.25, 0.3) is 0 Å². The van der Waals surface area contributed by atoms with E-state index in [2.05, 4.69) is 0 Å². The number of hydrogen-bond acceptors (Lipinski definition) is 4. The zero-order valence-electron chi connectivity index (χ0n) is 12.2. The van der Waals surface area contributed by atoms with Gasteiger partial charge >= 0.3 is 0 Å².